The van der Waals surface area contributed by atoms with Gasteiger partial charge in [0.25, 0.3) is 0 Å². The van der Waals surface area contributed by atoms with Crippen LogP contribution < -0.4 is 15.8 Å². The van der Waals surface area contributed by atoms with Crippen LogP contribution in [0.4, 0.5) is 0 Å². The van der Waals surface area contributed by atoms with Crippen molar-refractivity contribution in [1.82, 2.24) is 5.32 Å². The van der Waals surface area contributed by atoms with E-state index in [1.54, 1.807) is 0 Å². The standard InChI is InChI=1S/C13H20N2O/c1-11-3-5-12(6-4-11)16-10-13(9-14)7-2-8-15-13/h3-6,15H,2,7-10,14H2,1H3. The summed E-state index contributed by atoms with van der Waals surface area (Å²) in [6.45, 7) is 4.42. The molecule has 1 atom stereocenters. The number of hydrogen-bond acceptors (Lipinski definition) is 3. The monoisotopic (exact) mass is 220 g/mol. The highest BCUT2D eigenvalue weighted by molar-refractivity contribution is 5.26. The van der Waals surface area contributed by atoms with Gasteiger partial charge in [-0.3, -0.25) is 0 Å². The van der Waals surface area contributed by atoms with Crippen LogP contribution in [0.15, 0.2) is 24.3 Å². The van der Waals surface area contributed by atoms with Crippen LogP contribution in [0.2, 0.25) is 0 Å². The van der Waals surface area contributed by atoms with Gasteiger partial charge in [0.15, 0.2) is 0 Å². The Hall–Kier alpha value is -1.06. The number of ether oxygens (including phenoxy) is 1. The predicted octanol–water partition coefficient (Wildman–Crippen LogP) is 1.45. The maximum atomic E-state index is 5.81. The molecule has 1 unspecified atom stereocenters. The number of hydrogen-bond donors (Lipinski definition) is 2. The lowest BCUT2D eigenvalue weighted by molar-refractivity contribution is 0.203. The van der Waals surface area contributed by atoms with Crippen LogP contribution >= 0.6 is 0 Å². The third-order valence-corrected chi connectivity index (χ3v) is 3.26. The molecule has 1 aromatic rings. The summed E-state index contributed by atoms with van der Waals surface area (Å²) < 4.78 is 5.80. The van der Waals surface area contributed by atoms with Crippen LogP contribution in [0.1, 0.15) is 18.4 Å². The van der Waals surface area contributed by atoms with Crippen molar-refractivity contribution in [3.63, 3.8) is 0 Å². The van der Waals surface area contributed by atoms with Gasteiger partial charge in [-0.1, -0.05) is 17.7 Å². The Bertz CT molecular complexity index is 328. The molecule has 1 aliphatic heterocycles. The molecule has 1 heterocycles. The molecule has 3 nitrogen and oxygen atoms in total. The van der Waals surface area contributed by atoms with Gasteiger partial charge in [-0.05, 0) is 38.4 Å². The topological polar surface area (TPSA) is 47.3 Å². The fraction of sp³-hybridized carbons (Fsp3) is 0.538. The first-order valence-corrected chi connectivity index (χ1v) is 5.89. The lowest BCUT2D eigenvalue weighted by Crippen LogP contribution is -2.51. The SMILES string of the molecule is Cc1ccc(OCC2(CN)CCCN2)cc1. The maximum absolute atomic E-state index is 5.81. The molecule has 1 aliphatic rings. The summed E-state index contributed by atoms with van der Waals surface area (Å²) >= 11 is 0. The van der Waals surface area contributed by atoms with Crippen LogP contribution in [-0.4, -0.2) is 25.2 Å². The third kappa shape index (κ3) is 2.54. The van der Waals surface area contributed by atoms with Gasteiger partial charge in [0.05, 0.1) is 5.54 Å². The van der Waals surface area contributed by atoms with Crippen LogP contribution in [0.5, 0.6) is 5.75 Å². The lowest BCUT2D eigenvalue weighted by atomic mass is 9.99. The summed E-state index contributed by atoms with van der Waals surface area (Å²) in [4.78, 5) is 0. The van der Waals surface area contributed by atoms with Crippen molar-refractivity contribution in [2.24, 2.45) is 5.73 Å². The molecule has 0 spiro atoms. The van der Waals surface area contributed by atoms with Gasteiger partial charge in [-0.2, -0.15) is 0 Å². The molecule has 0 aromatic heterocycles. The average molecular weight is 220 g/mol. The second-order valence-electron chi connectivity index (χ2n) is 4.62. The minimum Gasteiger partial charge on any atom is -0.492 e. The Labute approximate surface area is 97.0 Å². The van der Waals surface area contributed by atoms with E-state index in [1.807, 2.05) is 12.1 Å². The molecule has 1 saturated heterocycles. The van der Waals surface area contributed by atoms with Gasteiger partial charge in [0.1, 0.15) is 12.4 Å². The van der Waals surface area contributed by atoms with Crippen LogP contribution in [-0.2, 0) is 0 Å². The van der Waals surface area contributed by atoms with E-state index in [0.29, 0.717) is 13.2 Å². The second-order valence-corrected chi connectivity index (χ2v) is 4.62. The molecule has 0 bridgehead atoms. The van der Waals surface area contributed by atoms with E-state index in [9.17, 15) is 0 Å². The highest BCUT2D eigenvalue weighted by atomic mass is 16.5. The Balaban J connectivity index is 1.93. The van der Waals surface area contributed by atoms with Gasteiger partial charge < -0.3 is 15.8 Å². The third-order valence-electron chi connectivity index (χ3n) is 3.26. The normalized spacial score (nSPS) is 24.6. The number of rotatable bonds is 4. The zero-order valence-corrected chi connectivity index (χ0v) is 9.83. The van der Waals surface area contributed by atoms with Crippen molar-refractivity contribution in [2.45, 2.75) is 25.3 Å². The van der Waals surface area contributed by atoms with Crippen LogP contribution in [0, 0.1) is 6.92 Å². The molecule has 3 N–H and O–H groups in total. The highest BCUT2D eigenvalue weighted by Crippen LogP contribution is 2.20. The molecular weight excluding hydrogens is 200 g/mol. The molecule has 88 valence electrons. The zero-order valence-electron chi connectivity index (χ0n) is 9.83. The fourth-order valence-electron chi connectivity index (χ4n) is 2.08. The van der Waals surface area contributed by atoms with E-state index in [-0.39, 0.29) is 5.54 Å². The Morgan fingerprint density at radius 2 is 2.12 bits per heavy atom. The number of nitrogens with two attached hydrogens (primary N) is 1. The minimum absolute atomic E-state index is 0.00904. The molecule has 3 heteroatoms. The van der Waals surface area contributed by atoms with Crippen LogP contribution in [0.3, 0.4) is 0 Å². The Kier molecular flexibility index (Phi) is 3.46. The van der Waals surface area contributed by atoms with Crippen LogP contribution in [0.25, 0.3) is 0 Å². The summed E-state index contributed by atoms with van der Waals surface area (Å²) in [6.07, 6.45) is 2.30. The summed E-state index contributed by atoms with van der Waals surface area (Å²) in [5.74, 6) is 0.923. The summed E-state index contributed by atoms with van der Waals surface area (Å²) in [7, 11) is 0. The number of aryl methyl sites for hydroxylation is 1. The first-order chi connectivity index (χ1) is 7.74. The molecule has 1 fully saturated rings. The fourth-order valence-corrected chi connectivity index (χ4v) is 2.08. The van der Waals surface area contributed by atoms with Gasteiger partial charge in [0, 0.05) is 6.54 Å². The lowest BCUT2D eigenvalue weighted by Gasteiger charge is -2.27. The van der Waals surface area contributed by atoms with E-state index in [4.69, 9.17) is 10.5 Å². The second kappa shape index (κ2) is 4.85. The van der Waals surface area contributed by atoms with Crippen molar-refractivity contribution in [1.29, 1.82) is 0 Å². The zero-order chi connectivity index (χ0) is 11.4. The predicted molar refractivity (Wildman–Crippen MR) is 65.7 cm³/mol. The van der Waals surface area contributed by atoms with E-state index >= 15 is 0 Å². The highest BCUT2D eigenvalue weighted by Gasteiger charge is 2.32. The van der Waals surface area contributed by atoms with Crippen molar-refractivity contribution in [3.05, 3.63) is 29.8 Å². The summed E-state index contributed by atoms with van der Waals surface area (Å²) in [5.41, 5.74) is 7.06. The molecule has 0 saturated carbocycles. The molecule has 1 aromatic carbocycles. The maximum Gasteiger partial charge on any atom is 0.119 e. The van der Waals surface area contributed by atoms with Crippen molar-refractivity contribution in [3.8, 4) is 5.75 Å². The van der Waals surface area contributed by atoms with Gasteiger partial charge in [-0.15, -0.1) is 0 Å². The van der Waals surface area contributed by atoms with Gasteiger partial charge in [-0.25, -0.2) is 0 Å². The van der Waals surface area contributed by atoms with Gasteiger partial charge >= 0.3 is 0 Å². The summed E-state index contributed by atoms with van der Waals surface area (Å²) in [5, 5.41) is 3.45. The Morgan fingerprint density at radius 1 is 1.38 bits per heavy atom. The largest absolute Gasteiger partial charge is 0.492 e. The molecule has 16 heavy (non-hydrogen) atoms. The average Bonchev–Trinajstić information content (AvgIpc) is 2.78. The first kappa shape index (κ1) is 11.4. The van der Waals surface area contributed by atoms with Crippen molar-refractivity contribution in [2.75, 3.05) is 19.7 Å². The molecular formula is C13H20N2O. The first-order valence-electron chi connectivity index (χ1n) is 5.89. The quantitative estimate of drug-likeness (QED) is 0.807. The molecule has 0 radical (unpaired) electrons. The van der Waals surface area contributed by atoms with E-state index < -0.39 is 0 Å². The van der Waals surface area contributed by atoms with Crippen molar-refractivity contribution >= 4 is 0 Å². The van der Waals surface area contributed by atoms with Crippen molar-refractivity contribution < 1.29 is 4.74 Å². The smallest absolute Gasteiger partial charge is 0.119 e. The molecule has 0 amide bonds. The molecule has 2 rings (SSSR count). The molecule has 0 aliphatic carbocycles. The number of nitrogens with one attached hydrogen (secondary N) is 1. The van der Waals surface area contributed by atoms with Gasteiger partial charge in [0.2, 0.25) is 0 Å². The Morgan fingerprint density at radius 3 is 2.69 bits per heavy atom. The minimum atomic E-state index is -0.00904. The van der Waals surface area contributed by atoms with E-state index in [2.05, 4.69) is 24.4 Å². The number of benzene rings is 1. The van der Waals surface area contributed by atoms with E-state index in [1.165, 1.54) is 12.0 Å². The van der Waals surface area contributed by atoms with E-state index in [0.717, 1.165) is 18.7 Å². The summed E-state index contributed by atoms with van der Waals surface area (Å²) in [6, 6.07) is 8.14.